The Kier molecular flexibility index (Phi) is 4.65. The van der Waals surface area contributed by atoms with Gasteiger partial charge in [-0.2, -0.15) is 0 Å². The highest BCUT2D eigenvalue weighted by Crippen LogP contribution is 2.26. The van der Waals surface area contributed by atoms with Gasteiger partial charge < -0.3 is 9.80 Å². The molecule has 116 valence electrons. The van der Waals surface area contributed by atoms with Gasteiger partial charge in [0.05, 0.1) is 5.75 Å². The number of carbonyl (C=O) groups is 1. The van der Waals surface area contributed by atoms with Gasteiger partial charge in [0.15, 0.2) is 0 Å². The van der Waals surface area contributed by atoms with E-state index in [1.807, 2.05) is 38.4 Å². The molecule has 0 saturated carbocycles. The minimum atomic E-state index is -3.55. The van der Waals surface area contributed by atoms with Crippen molar-refractivity contribution in [3.8, 4) is 0 Å². The van der Waals surface area contributed by atoms with E-state index >= 15 is 0 Å². The number of anilines is 1. The smallest absolute Gasteiger partial charge is 0.227 e. The van der Waals surface area contributed by atoms with Gasteiger partial charge in [0.25, 0.3) is 0 Å². The zero-order valence-corrected chi connectivity index (χ0v) is 13.1. The van der Waals surface area contributed by atoms with E-state index < -0.39 is 10.0 Å². The van der Waals surface area contributed by atoms with Crippen LogP contribution in [0.1, 0.15) is 12.0 Å². The molecule has 0 aliphatic carbocycles. The number of rotatable bonds is 5. The zero-order valence-electron chi connectivity index (χ0n) is 12.3. The van der Waals surface area contributed by atoms with Crippen LogP contribution in [0.2, 0.25) is 0 Å². The second-order valence-electron chi connectivity index (χ2n) is 5.81. The Morgan fingerprint density at radius 2 is 2.10 bits per heavy atom. The summed E-state index contributed by atoms with van der Waals surface area (Å²) in [5.74, 6) is -0.428. The van der Waals surface area contributed by atoms with Crippen LogP contribution in [0.4, 0.5) is 5.69 Å². The maximum absolute atomic E-state index is 12.1. The SMILES string of the molecule is CN(C)Cc1cccc(N2CC(CS(N)(=O)=O)CC2=O)c1. The molecule has 21 heavy (non-hydrogen) atoms. The molecule has 1 aliphatic rings. The molecule has 0 radical (unpaired) electrons. The van der Waals surface area contributed by atoms with Gasteiger partial charge in [-0.1, -0.05) is 12.1 Å². The van der Waals surface area contributed by atoms with Gasteiger partial charge in [-0.05, 0) is 31.8 Å². The standard InChI is InChI=1S/C14H21N3O3S/c1-16(2)8-11-4-3-5-13(6-11)17-9-12(7-14(17)18)10-21(15,19)20/h3-6,12H,7-10H2,1-2H3,(H2,15,19,20). The number of nitrogens with two attached hydrogens (primary N) is 1. The first kappa shape index (κ1) is 15.9. The minimum Gasteiger partial charge on any atom is -0.312 e. The third-order valence-electron chi connectivity index (χ3n) is 3.39. The molecular weight excluding hydrogens is 290 g/mol. The van der Waals surface area contributed by atoms with Gasteiger partial charge in [0.2, 0.25) is 15.9 Å². The van der Waals surface area contributed by atoms with E-state index in [2.05, 4.69) is 4.90 Å². The summed E-state index contributed by atoms with van der Waals surface area (Å²) in [4.78, 5) is 15.8. The van der Waals surface area contributed by atoms with Crippen molar-refractivity contribution < 1.29 is 13.2 Å². The average molecular weight is 311 g/mol. The Morgan fingerprint density at radius 1 is 1.38 bits per heavy atom. The van der Waals surface area contributed by atoms with Crippen LogP contribution in [0.5, 0.6) is 0 Å². The monoisotopic (exact) mass is 311 g/mol. The van der Waals surface area contributed by atoms with Gasteiger partial charge >= 0.3 is 0 Å². The van der Waals surface area contributed by atoms with Crippen molar-refractivity contribution >= 4 is 21.6 Å². The lowest BCUT2D eigenvalue weighted by Gasteiger charge is -2.18. The Labute approximate surface area is 125 Å². The number of sulfonamides is 1. The van der Waals surface area contributed by atoms with Crippen molar-refractivity contribution in [2.24, 2.45) is 11.1 Å². The Hall–Kier alpha value is -1.44. The van der Waals surface area contributed by atoms with Crippen LogP contribution in [0, 0.1) is 5.92 Å². The first-order chi connectivity index (χ1) is 9.74. The van der Waals surface area contributed by atoms with Gasteiger partial charge in [0, 0.05) is 31.1 Å². The molecule has 1 unspecified atom stereocenters. The number of amides is 1. The van der Waals surface area contributed by atoms with Crippen molar-refractivity contribution in [2.45, 2.75) is 13.0 Å². The fourth-order valence-electron chi connectivity index (χ4n) is 2.66. The molecule has 1 saturated heterocycles. The highest BCUT2D eigenvalue weighted by molar-refractivity contribution is 7.89. The number of carbonyl (C=O) groups excluding carboxylic acids is 1. The lowest BCUT2D eigenvalue weighted by atomic mass is 10.1. The van der Waals surface area contributed by atoms with E-state index in [-0.39, 0.29) is 24.0 Å². The topological polar surface area (TPSA) is 83.7 Å². The number of benzene rings is 1. The van der Waals surface area contributed by atoms with Crippen molar-refractivity contribution in [3.63, 3.8) is 0 Å². The van der Waals surface area contributed by atoms with E-state index in [4.69, 9.17) is 5.14 Å². The maximum atomic E-state index is 12.1. The fraction of sp³-hybridized carbons (Fsp3) is 0.500. The molecule has 0 aromatic heterocycles. The summed E-state index contributed by atoms with van der Waals surface area (Å²) in [7, 11) is 0.418. The van der Waals surface area contributed by atoms with Crippen molar-refractivity contribution in [1.82, 2.24) is 4.90 Å². The van der Waals surface area contributed by atoms with Crippen LogP contribution in [-0.2, 0) is 21.4 Å². The Bertz CT molecular complexity index is 628. The summed E-state index contributed by atoms with van der Waals surface area (Å²) in [5.41, 5.74) is 1.93. The fourth-order valence-corrected chi connectivity index (χ4v) is 3.54. The maximum Gasteiger partial charge on any atom is 0.227 e. The summed E-state index contributed by atoms with van der Waals surface area (Å²) in [6, 6.07) is 7.76. The minimum absolute atomic E-state index is 0.0503. The van der Waals surface area contributed by atoms with Gasteiger partial charge in [-0.25, -0.2) is 13.6 Å². The molecule has 7 heteroatoms. The summed E-state index contributed by atoms with van der Waals surface area (Å²) in [6.45, 7) is 1.19. The third-order valence-corrected chi connectivity index (χ3v) is 4.33. The normalized spacial score (nSPS) is 19.5. The summed E-state index contributed by atoms with van der Waals surface area (Å²) in [6.07, 6.45) is 0.230. The largest absolute Gasteiger partial charge is 0.312 e. The van der Waals surface area contributed by atoms with E-state index in [9.17, 15) is 13.2 Å². The van der Waals surface area contributed by atoms with Crippen molar-refractivity contribution in [2.75, 3.05) is 31.3 Å². The molecule has 2 N–H and O–H groups in total. The Morgan fingerprint density at radius 3 is 2.71 bits per heavy atom. The lowest BCUT2D eigenvalue weighted by Crippen LogP contribution is -2.27. The molecule has 0 spiro atoms. The predicted molar refractivity (Wildman–Crippen MR) is 82.3 cm³/mol. The van der Waals surface area contributed by atoms with Crippen LogP contribution in [0.25, 0.3) is 0 Å². The summed E-state index contributed by atoms with van der Waals surface area (Å²) < 4.78 is 22.3. The first-order valence-corrected chi connectivity index (χ1v) is 8.50. The number of nitrogens with zero attached hydrogens (tertiary/aromatic N) is 2. The highest BCUT2D eigenvalue weighted by atomic mass is 32.2. The van der Waals surface area contributed by atoms with Crippen LogP contribution < -0.4 is 10.0 Å². The predicted octanol–water partition coefficient (Wildman–Crippen LogP) is 0.390. The van der Waals surface area contributed by atoms with Crippen LogP contribution >= 0.6 is 0 Å². The van der Waals surface area contributed by atoms with Crippen LogP contribution in [0.3, 0.4) is 0 Å². The molecule has 1 aromatic rings. The van der Waals surface area contributed by atoms with Crippen molar-refractivity contribution in [3.05, 3.63) is 29.8 Å². The molecule has 6 nitrogen and oxygen atoms in total. The van der Waals surface area contributed by atoms with Crippen LogP contribution in [-0.4, -0.2) is 45.6 Å². The number of hydrogen-bond acceptors (Lipinski definition) is 4. The van der Waals surface area contributed by atoms with E-state index in [0.29, 0.717) is 6.54 Å². The molecule has 1 aliphatic heterocycles. The average Bonchev–Trinajstić information content (AvgIpc) is 2.67. The molecule has 1 atom stereocenters. The van der Waals surface area contributed by atoms with Crippen LogP contribution in [0.15, 0.2) is 24.3 Å². The summed E-state index contributed by atoms with van der Waals surface area (Å²) in [5, 5.41) is 5.06. The molecule has 1 fully saturated rings. The molecule has 0 bridgehead atoms. The van der Waals surface area contributed by atoms with E-state index in [1.165, 1.54) is 0 Å². The van der Waals surface area contributed by atoms with Gasteiger partial charge in [0.1, 0.15) is 0 Å². The van der Waals surface area contributed by atoms with Gasteiger partial charge in [-0.3, -0.25) is 4.79 Å². The van der Waals surface area contributed by atoms with E-state index in [0.717, 1.165) is 17.8 Å². The molecule has 1 heterocycles. The number of primary sulfonamides is 1. The lowest BCUT2D eigenvalue weighted by molar-refractivity contribution is -0.117. The Balaban J connectivity index is 2.13. The summed E-state index contributed by atoms with van der Waals surface area (Å²) >= 11 is 0. The first-order valence-electron chi connectivity index (χ1n) is 6.79. The molecule has 2 rings (SSSR count). The zero-order chi connectivity index (χ0) is 15.6. The van der Waals surface area contributed by atoms with Gasteiger partial charge in [-0.15, -0.1) is 0 Å². The third kappa shape index (κ3) is 4.52. The van der Waals surface area contributed by atoms with Crippen molar-refractivity contribution in [1.29, 1.82) is 0 Å². The molecule has 1 amide bonds. The second-order valence-corrected chi connectivity index (χ2v) is 7.47. The molecule has 1 aromatic carbocycles. The molecular formula is C14H21N3O3S. The van der Waals surface area contributed by atoms with E-state index in [1.54, 1.807) is 4.90 Å². The quantitative estimate of drug-likeness (QED) is 0.852. The number of hydrogen-bond donors (Lipinski definition) is 1. The second kappa shape index (κ2) is 6.13. The highest BCUT2D eigenvalue weighted by Gasteiger charge is 2.32.